The maximum absolute atomic E-state index is 11.7. The predicted molar refractivity (Wildman–Crippen MR) is 75.1 cm³/mol. The standard InChI is InChI=1S/C12H25N3O3S/c1-3-12(13,4-2)10-14-11(16)6-8-15-7-5-9-19(15,17)18/h3-10,13H2,1-2H3,(H,14,16). The Bertz CT molecular complexity index is 404. The minimum absolute atomic E-state index is 0.140. The van der Waals surface area contributed by atoms with Gasteiger partial charge in [-0.2, -0.15) is 0 Å². The predicted octanol–water partition coefficient (Wildman–Crippen LogP) is 0.0457. The van der Waals surface area contributed by atoms with Crippen molar-refractivity contribution in [1.82, 2.24) is 9.62 Å². The summed E-state index contributed by atoms with van der Waals surface area (Å²) in [6.07, 6.45) is 2.44. The zero-order chi connectivity index (χ0) is 14.5. The lowest BCUT2D eigenvalue weighted by Crippen LogP contribution is -2.49. The van der Waals surface area contributed by atoms with Gasteiger partial charge in [0.1, 0.15) is 0 Å². The lowest BCUT2D eigenvalue weighted by Gasteiger charge is -2.27. The van der Waals surface area contributed by atoms with Gasteiger partial charge in [-0.25, -0.2) is 12.7 Å². The van der Waals surface area contributed by atoms with Crippen LogP contribution in [-0.2, 0) is 14.8 Å². The smallest absolute Gasteiger partial charge is 0.221 e. The average molecular weight is 291 g/mol. The molecule has 1 aliphatic heterocycles. The summed E-state index contributed by atoms with van der Waals surface area (Å²) in [4.78, 5) is 11.7. The van der Waals surface area contributed by atoms with Gasteiger partial charge in [0, 0.05) is 31.6 Å². The van der Waals surface area contributed by atoms with Crippen LogP contribution in [0.3, 0.4) is 0 Å². The molecular formula is C12H25N3O3S. The van der Waals surface area contributed by atoms with Crippen LogP contribution in [0.5, 0.6) is 0 Å². The van der Waals surface area contributed by atoms with E-state index in [1.807, 2.05) is 13.8 Å². The van der Waals surface area contributed by atoms with Crippen LogP contribution in [0.25, 0.3) is 0 Å². The topological polar surface area (TPSA) is 92.5 Å². The Balaban J connectivity index is 2.33. The van der Waals surface area contributed by atoms with Crippen molar-refractivity contribution in [3.8, 4) is 0 Å². The first-order chi connectivity index (χ1) is 8.83. The number of rotatable bonds is 7. The Morgan fingerprint density at radius 1 is 1.37 bits per heavy atom. The molecule has 7 heteroatoms. The van der Waals surface area contributed by atoms with E-state index in [-0.39, 0.29) is 30.2 Å². The van der Waals surface area contributed by atoms with Gasteiger partial charge in [0.15, 0.2) is 0 Å². The van der Waals surface area contributed by atoms with Gasteiger partial charge in [0.05, 0.1) is 5.75 Å². The molecule has 6 nitrogen and oxygen atoms in total. The number of sulfonamides is 1. The molecule has 112 valence electrons. The third kappa shape index (κ3) is 4.74. The minimum Gasteiger partial charge on any atom is -0.354 e. The van der Waals surface area contributed by atoms with Crippen LogP contribution in [0.15, 0.2) is 0 Å². The first-order valence-corrected chi connectivity index (χ1v) is 8.47. The Kier molecular flexibility index (Phi) is 5.76. The molecule has 0 aromatic carbocycles. The number of carbonyl (C=O) groups excluding carboxylic acids is 1. The SMILES string of the molecule is CCC(N)(CC)CNC(=O)CCN1CCCS1(=O)=O. The van der Waals surface area contributed by atoms with E-state index in [9.17, 15) is 13.2 Å². The van der Waals surface area contributed by atoms with E-state index in [0.29, 0.717) is 19.5 Å². The highest BCUT2D eigenvalue weighted by Gasteiger charge is 2.28. The minimum atomic E-state index is -3.11. The highest BCUT2D eigenvalue weighted by atomic mass is 32.2. The maximum Gasteiger partial charge on any atom is 0.221 e. The summed E-state index contributed by atoms with van der Waals surface area (Å²) < 4.78 is 24.5. The van der Waals surface area contributed by atoms with Crippen LogP contribution in [0.1, 0.15) is 39.5 Å². The molecule has 1 rings (SSSR count). The van der Waals surface area contributed by atoms with Crippen LogP contribution in [-0.4, -0.2) is 49.6 Å². The van der Waals surface area contributed by atoms with Gasteiger partial charge in [0.25, 0.3) is 0 Å². The summed E-state index contributed by atoms with van der Waals surface area (Å²) in [6, 6.07) is 0. The molecule has 3 N–H and O–H groups in total. The fourth-order valence-corrected chi connectivity index (χ4v) is 3.56. The van der Waals surface area contributed by atoms with Crippen molar-refractivity contribution < 1.29 is 13.2 Å². The molecule has 1 aliphatic rings. The molecular weight excluding hydrogens is 266 g/mol. The second kappa shape index (κ2) is 6.67. The van der Waals surface area contributed by atoms with Crippen LogP contribution in [0, 0.1) is 0 Å². The third-order valence-corrected chi connectivity index (χ3v) is 5.79. The molecule has 0 saturated carbocycles. The van der Waals surface area contributed by atoms with Crippen molar-refractivity contribution in [1.29, 1.82) is 0 Å². The van der Waals surface area contributed by atoms with E-state index in [1.54, 1.807) is 0 Å². The number of amides is 1. The van der Waals surface area contributed by atoms with Gasteiger partial charge in [-0.3, -0.25) is 4.79 Å². The second-order valence-corrected chi connectivity index (χ2v) is 7.25. The third-order valence-electron chi connectivity index (χ3n) is 3.84. The molecule has 0 aromatic rings. The number of nitrogens with zero attached hydrogens (tertiary/aromatic N) is 1. The molecule has 0 bridgehead atoms. The summed E-state index contributed by atoms with van der Waals surface area (Å²) >= 11 is 0. The normalized spacial score (nSPS) is 19.5. The van der Waals surface area contributed by atoms with E-state index in [2.05, 4.69) is 5.32 Å². The lowest BCUT2D eigenvalue weighted by atomic mass is 9.94. The monoisotopic (exact) mass is 291 g/mol. The first kappa shape index (κ1) is 16.4. The van der Waals surface area contributed by atoms with Crippen molar-refractivity contribution in [3.63, 3.8) is 0 Å². The fraction of sp³-hybridized carbons (Fsp3) is 0.917. The van der Waals surface area contributed by atoms with Crippen molar-refractivity contribution in [3.05, 3.63) is 0 Å². The number of nitrogens with two attached hydrogens (primary N) is 1. The van der Waals surface area contributed by atoms with Crippen LogP contribution >= 0.6 is 0 Å². The van der Waals surface area contributed by atoms with E-state index < -0.39 is 10.0 Å². The summed E-state index contributed by atoms with van der Waals surface area (Å²) in [5.41, 5.74) is 5.72. The summed E-state index contributed by atoms with van der Waals surface area (Å²) in [6.45, 7) is 5.22. The molecule has 1 fully saturated rings. The fourth-order valence-electron chi connectivity index (χ4n) is 2.03. The summed E-state index contributed by atoms with van der Waals surface area (Å²) in [5.74, 6) is 0.0606. The van der Waals surface area contributed by atoms with Crippen molar-refractivity contribution in [2.45, 2.75) is 45.1 Å². The van der Waals surface area contributed by atoms with E-state index in [0.717, 1.165) is 12.8 Å². The molecule has 0 aromatic heterocycles. The largest absolute Gasteiger partial charge is 0.354 e. The Morgan fingerprint density at radius 2 is 2.00 bits per heavy atom. The highest BCUT2D eigenvalue weighted by molar-refractivity contribution is 7.89. The summed E-state index contributed by atoms with van der Waals surface area (Å²) in [5, 5.41) is 2.79. The second-order valence-electron chi connectivity index (χ2n) is 5.16. The summed E-state index contributed by atoms with van der Waals surface area (Å²) in [7, 11) is -3.11. The molecule has 0 radical (unpaired) electrons. The van der Waals surface area contributed by atoms with E-state index in [4.69, 9.17) is 5.73 Å². The Morgan fingerprint density at radius 3 is 2.47 bits per heavy atom. The van der Waals surface area contributed by atoms with Gasteiger partial charge in [-0.1, -0.05) is 13.8 Å². The quantitative estimate of drug-likeness (QED) is 0.693. The Labute approximate surface area is 115 Å². The average Bonchev–Trinajstić information content (AvgIpc) is 2.72. The number of hydrogen-bond acceptors (Lipinski definition) is 4. The van der Waals surface area contributed by atoms with Gasteiger partial charge in [-0.05, 0) is 19.3 Å². The molecule has 1 heterocycles. The molecule has 0 unspecified atom stereocenters. The van der Waals surface area contributed by atoms with E-state index >= 15 is 0 Å². The highest BCUT2D eigenvalue weighted by Crippen LogP contribution is 2.13. The molecule has 1 saturated heterocycles. The zero-order valence-electron chi connectivity index (χ0n) is 11.8. The lowest BCUT2D eigenvalue weighted by molar-refractivity contribution is -0.121. The van der Waals surface area contributed by atoms with Crippen molar-refractivity contribution >= 4 is 15.9 Å². The molecule has 0 aliphatic carbocycles. The molecule has 0 atom stereocenters. The van der Waals surface area contributed by atoms with Gasteiger partial charge in [0.2, 0.25) is 15.9 Å². The van der Waals surface area contributed by atoms with Crippen LogP contribution in [0.4, 0.5) is 0 Å². The number of carbonyl (C=O) groups is 1. The maximum atomic E-state index is 11.7. The van der Waals surface area contributed by atoms with Crippen molar-refractivity contribution in [2.75, 3.05) is 25.4 Å². The zero-order valence-corrected chi connectivity index (χ0v) is 12.6. The number of hydrogen-bond donors (Lipinski definition) is 2. The van der Waals surface area contributed by atoms with Gasteiger partial charge in [-0.15, -0.1) is 0 Å². The van der Waals surface area contributed by atoms with Crippen LogP contribution < -0.4 is 11.1 Å². The van der Waals surface area contributed by atoms with Crippen molar-refractivity contribution in [2.24, 2.45) is 5.73 Å². The van der Waals surface area contributed by atoms with Gasteiger partial charge < -0.3 is 11.1 Å². The first-order valence-electron chi connectivity index (χ1n) is 6.86. The number of nitrogens with one attached hydrogen (secondary N) is 1. The molecule has 0 spiro atoms. The Hall–Kier alpha value is -0.660. The van der Waals surface area contributed by atoms with Gasteiger partial charge >= 0.3 is 0 Å². The molecule has 19 heavy (non-hydrogen) atoms. The molecule has 1 amide bonds. The van der Waals surface area contributed by atoms with Crippen LogP contribution in [0.2, 0.25) is 0 Å². The van der Waals surface area contributed by atoms with E-state index in [1.165, 1.54) is 4.31 Å².